The molecule has 1 saturated heterocycles. The summed E-state index contributed by atoms with van der Waals surface area (Å²) in [6.45, 7) is 7.53. The number of carboxylic acid groups (broad SMARTS) is 1. The number of amides is 1. The molecule has 1 amide bonds. The Labute approximate surface area is 310 Å². The maximum atomic E-state index is 16.6. The van der Waals surface area contributed by atoms with E-state index in [1.54, 1.807) is 13.8 Å². The Morgan fingerprint density at radius 3 is 2.11 bits per heavy atom. The van der Waals surface area contributed by atoms with Gasteiger partial charge < -0.3 is 14.6 Å². The van der Waals surface area contributed by atoms with Gasteiger partial charge in [-0.2, -0.15) is 26.3 Å². The van der Waals surface area contributed by atoms with Crippen LogP contribution in [0.2, 0.25) is 0 Å². The number of nitrogens with zero attached hydrogens (tertiary/aromatic N) is 3. The zero-order valence-corrected chi connectivity index (χ0v) is 30.5. The first-order valence-corrected chi connectivity index (χ1v) is 17.8. The van der Waals surface area contributed by atoms with Gasteiger partial charge in [-0.3, -0.25) is 14.4 Å². The number of pyridine rings is 1. The number of rotatable bonds is 13. The van der Waals surface area contributed by atoms with Crippen molar-refractivity contribution in [1.82, 2.24) is 9.47 Å². The van der Waals surface area contributed by atoms with Gasteiger partial charge in [-0.1, -0.05) is 19.9 Å². The van der Waals surface area contributed by atoms with Gasteiger partial charge in [0.05, 0.1) is 17.5 Å². The third kappa shape index (κ3) is 9.16. The number of aryl methyl sites for hydroxylation is 1. The number of hydrogen-bond acceptors (Lipinski definition) is 4. The zero-order chi connectivity index (χ0) is 40.7. The van der Waals surface area contributed by atoms with Crippen LogP contribution in [-0.4, -0.2) is 52.3 Å². The van der Waals surface area contributed by atoms with Crippen molar-refractivity contribution in [2.75, 3.05) is 19.6 Å². The molecule has 2 heterocycles. The fraction of sp³-hybridized carbons (Fsp3) is 0.487. The van der Waals surface area contributed by atoms with Crippen molar-refractivity contribution in [2.45, 2.75) is 96.5 Å². The minimum Gasteiger partial charge on any atom is -0.481 e. The molecule has 1 N–H and O–H groups in total. The van der Waals surface area contributed by atoms with E-state index in [1.165, 1.54) is 19.9 Å². The van der Waals surface area contributed by atoms with Crippen LogP contribution in [-0.2, 0) is 28.4 Å². The second kappa shape index (κ2) is 15.9. The minimum absolute atomic E-state index is 0.116. The zero-order valence-electron chi connectivity index (χ0n) is 30.5. The van der Waals surface area contributed by atoms with Gasteiger partial charge in [0, 0.05) is 42.1 Å². The number of aliphatic carboxylic acids is 1. The molecule has 2 atom stereocenters. The van der Waals surface area contributed by atoms with Crippen molar-refractivity contribution in [2.24, 2.45) is 10.9 Å². The van der Waals surface area contributed by atoms with E-state index in [0.717, 1.165) is 17.2 Å². The summed E-state index contributed by atoms with van der Waals surface area (Å²) in [5, 5.41) is 9.69. The number of aromatic nitrogens is 1. The lowest BCUT2D eigenvalue weighted by Crippen LogP contribution is -2.39. The predicted molar refractivity (Wildman–Crippen MR) is 186 cm³/mol. The molecule has 1 aliphatic carbocycles. The molecule has 2 aromatic carbocycles. The summed E-state index contributed by atoms with van der Waals surface area (Å²) in [6.07, 6.45) is -8.27. The van der Waals surface area contributed by atoms with Gasteiger partial charge in [0.15, 0.2) is 0 Å². The second-order valence-corrected chi connectivity index (χ2v) is 14.7. The molecule has 16 heteroatoms. The summed E-state index contributed by atoms with van der Waals surface area (Å²) in [5.74, 6) is -10.2. The molecular formula is C39H40F9N3O4. The molecule has 7 nitrogen and oxygen atoms in total. The molecule has 298 valence electrons. The molecule has 2 aliphatic rings. The van der Waals surface area contributed by atoms with Crippen LogP contribution in [0.15, 0.2) is 34.2 Å². The Bertz CT molecular complexity index is 2060. The summed E-state index contributed by atoms with van der Waals surface area (Å²) in [5.41, 5.74) is -6.89. The van der Waals surface area contributed by atoms with Gasteiger partial charge in [-0.05, 0) is 105 Å². The first-order valence-electron chi connectivity index (χ1n) is 17.8. The van der Waals surface area contributed by atoms with Crippen LogP contribution in [0.3, 0.4) is 0 Å². The molecule has 2 fully saturated rings. The number of likely N-dealkylation sites (tertiary alicyclic amines) is 1. The number of hydrogen-bond donors (Lipinski definition) is 1. The van der Waals surface area contributed by atoms with Gasteiger partial charge in [-0.25, -0.2) is 18.2 Å². The average molecular weight is 786 g/mol. The standard InChI is InChI=1S/C39H40F9N3O4/c1-19(2)12-29(51-18-23(8-11-50-9-5-10-50)27(16-30(51)52)38(43,44)45)37(55)49-17-24(14-31(53)54)33-35(41)26(15-28(36(33)42)39(46,47)48)32-20(3)13-25(22-6-7-22)34(40)21(32)4/h13,15-19,22,24,29H,5-12,14H2,1-4H3,(H,53,54)/b49-17+. The quantitative estimate of drug-likeness (QED) is 0.138. The monoisotopic (exact) mass is 785 g/mol. The van der Waals surface area contributed by atoms with E-state index in [9.17, 15) is 45.8 Å². The minimum atomic E-state index is -5.43. The molecule has 5 rings (SSSR count). The summed E-state index contributed by atoms with van der Waals surface area (Å²) in [6, 6.07) is 0.357. The van der Waals surface area contributed by atoms with Gasteiger partial charge in [0.2, 0.25) is 0 Å². The Balaban J connectivity index is 1.62. The molecule has 2 unspecified atom stereocenters. The van der Waals surface area contributed by atoms with Crippen molar-refractivity contribution in [3.63, 3.8) is 0 Å². The Morgan fingerprint density at radius 1 is 0.945 bits per heavy atom. The van der Waals surface area contributed by atoms with Crippen molar-refractivity contribution in [3.05, 3.63) is 91.1 Å². The Hall–Kier alpha value is -4.47. The molecule has 55 heavy (non-hydrogen) atoms. The first-order chi connectivity index (χ1) is 25.6. The van der Waals surface area contributed by atoms with Gasteiger partial charge in [0.25, 0.3) is 11.5 Å². The van der Waals surface area contributed by atoms with Crippen LogP contribution in [0.25, 0.3) is 11.1 Å². The second-order valence-electron chi connectivity index (χ2n) is 14.7. The van der Waals surface area contributed by atoms with Gasteiger partial charge in [0.1, 0.15) is 23.5 Å². The van der Waals surface area contributed by atoms with E-state index >= 15 is 13.2 Å². The number of carbonyl (C=O) groups excluding carboxylic acids is 1. The fourth-order valence-corrected chi connectivity index (χ4v) is 7.10. The highest BCUT2D eigenvalue weighted by Crippen LogP contribution is 2.46. The van der Waals surface area contributed by atoms with Crippen LogP contribution in [0.5, 0.6) is 0 Å². The Kier molecular flexibility index (Phi) is 12.1. The van der Waals surface area contributed by atoms with Crippen molar-refractivity contribution >= 4 is 18.1 Å². The van der Waals surface area contributed by atoms with Crippen LogP contribution < -0.4 is 5.56 Å². The lowest BCUT2D eigenvalue weighted by molar-refractivity contribution is -0.140. The van der Waals surface area contributed by atoms with E-state index in [4.69, 9.17) is 0 Å². The summed E-state index contributed by atoms with van der Waals surface area (Å²) >= 11 is 0. The van der Waals surface area contributed by atoms with Gasteiger partial charge in [-0.15, -0.1) is 0 Å². The van der Waals surface area contributed by atoms with Gasteiger partial charge >= 0.3 is 18.3 Å². The maximum Gasteiger partial charge on any atom is 0.419 e. The molecule has 1 aromatic heterocycles. The van der Waals surface area contributed by atoms with Crippen LogP contribution >= 0.6 is 0 Å². The lowest BCUT2D eigenvalue weighted by atomic mass is 9.86. The molecule has 0 bridgehead atoms. The normalized spacial score (nSPS) is 16.5. The number of alkyl halides is 6. The number of benzene rings is 2. The van der Waals surface area contributed by atoms with Crippen LogP contribution in [0.1, 0.15) is 103 Å². The molecule has 1 aliphatic heterocycles. The fourth-order valence-electron chi connectivity index (χ4n) is 7.10. The first kappa shape index (κ1) is 41.7. The number of carboxylic acids is 1. The largest absolute Gasteiger partial charge is 0.481 e. The number of aliphatic imine (C=N–C) groups is 1. The van der Waals surface area contributed by atoms with Crippen molar-refractivity contribution in [3.8, 4) is 11.1 Å². The van der Waals surface area contributed by atoms with E-state index in [2.05, 4.69) is 4.99 Å². The van der Waals surface area contributed by atoms with E-state index in [0.29, 0.717) is 43.8 Å². The Morgan fingerprint density at radius 2 is 1.58 bits per heavy atom. The summed E-state index contributed by atoms with van der Waals surface area (Å²) in [4.78, 5) is 44.4. The molecule has 1 saturated carbocycles. The highest BCUT2D eigenvalue weighted by molar-refractivity contribution is 5.91. The van der Waals surface area contributed by atoms with Crippen LogP contribution in [0, 0.1) is 37.2 Å². The highest BCUT2D eigenvalue weighted by Gasteiger charge is 2.40. The number of halogens is 9. The summed E-state index contributed by atoms with van der Waals surface area (Å²) in [7, 11) is 0. The smallest absolute Gasteiger partial charge is 0.419 e. The van der Waals surface area contributed by atoms with Crippen molar-refractivity contribution in [1.29, 1.82) is 0 Å². The topological polar surface area (TPSA) is 92.0 Å². The number of carbonyl (C=O) groups is 2. The van der Waals surface area contributed by atoms with Crippen molar-refractivity contribution < 1.29 is 54.2 Å². The summed E-state index contributed by atoms with van der Waals surface area (Å²) < 4.78 is 134. The van der Waals surface area contributed by atoms with E-state index in [1.807, 2.05) is 4.90 Å². The molecule has 0 spiro atoms. The molecule has 3 aromatic rings. The maximum absolute atomic E-state index is 16.6. The predicted octanol–water partition coefficient (Wildman–Crippen LogP) is 9.16. The molecular weight excluding hydrogens is 745 g/mol. The highest BCUT2D eigenvalue weighted by atomic mass is 19.4. The lowest BCUT2D eigenvalue weighted by Gasteiger charge is -2.31. The molecule has 0 radical (unpaired) electrons. The average Bonchev–Trinajstić information content (AvgIpc) is 3.89. The third-order valence-electron chi connectivity index (χ3n) is 10.1. The van der Waals surface area contributed by atoms with Crippen LogP contribution in [0.4, 0.5) is 39.5 Å². The SMILES string of the molecule is Cc1cc(C2CC2)c(F)c(C)c1-c1cc(C(F)(F)F)c(F)c(C(/C=N/C(=O)C(CC(C)C)n2cc(CCN3CCC3)c(C(F)(F)F)cc2=O)CC(=O)O)c1F. The third-order valence-corrected chi connectivity index (χ3v) is 10.1. The van der Waals surface area contributed by atoms with E-state index < -0.39 is 87.9 Å². The van der Waals surface area contributed by atoms with E-state index in [-0.39, 0.29) is 59.5 Å².